The van der Waals surface area contributed by atoms with E-state index in [-0.39, 0.29) is 5.04 Å². The molecule has 0 atom stereocenters. The van der Waals surface area contributed by atoms with Gasteiger partial charge in [-0.25, -0.2) is 0 Å². The summed E-state index contributed by atoms with van der Waals surface area (Å²) in [7, 11) is -1.69. The van der Waals surface area contributed by atoms with Gasteiger partial charge in [0.15, 0.2) is 8.32 Å². The molecule has 0 fully saturated rings. The highest BCUT2D eigenvalue weighted by Gasteiger charge is 2.37. The van der Waals surface area contributed by atoms with E-state index in [1.807, 2.05) is 6.07 Å². The molecule has 0 radical (unpaired) electrons. The van der Waals surface area contributed by atoms with Crippen LogP contribution in [0.15, 0.2) is 18.3 Å². The van der Waals surface area contributed by atoms with Crippen LogP contribution in [0.3, 0.4) is 0 Å². The highest BCUT2D eigenvalue weighted by Crippen LogP contribution is 2.36. The van der Waals surface area contributed by atoms with Crippen molar-refractivity contribution in [2.75, 3.05) is 0 Å². The van der Waals surface area contributed by atoms with Crippen molar-refractivity contribution in [1.29, 1.82) is 0 Å². The average molecular weight is 258 g/mol. The molecule has 0 saturated heterocycles. The normalized spacial score (nSPS) is 12.9. The molecule has 1 heterocycles. The van der Waals surface area contributed by atoms with Gasteiger partial charge in [0.05, 0.1) is 12.3 Å². The molecule has 0 aliphatic rings. The van der Waals surface area contributed by atoms with Gasteiger partial charge in [-0.3, -0.25) is 4.98 Å². The maximum Gasteiger partial charge on any atom is 0.192 e. The Morgan fingerprint density at radius 1 is 1.38 bits per heavy atom. The molecule has 4 heteroatoms. The number of halogens is 1. The zero-order valence-electron chi connectivity index (χ0n) is 10.7. The molecular formula is C12H20ClNOSi. The van der Waals surface area contributed by atoms with Crippen molar-refractivity contribution < 1.29 is 4.43 Å². The van der Waals surface area contributed by atoms with Crippen molar-refractivity contribution in [3.63, 3.8) is 0 Å². The van der Waals surface area contributed by atoms with Crippen LogP contribution in [0.1, 0.15) is 26.5 Å². The highest BCUT2D eigenvalue weighted by atomic mass is 35.5. The average Bonchev–Trinajstić information content (AvgIpc) is 2.13. The van der Waals surface area contributed by atoms with Crippen LogP contribution in [0, 0.1) is 0 Å². The van der Waals surface area contributed by atoms with E-state index in [0.29, 0.717) is 11.6 Å². The topological polar surface area (TPSA) is 22.1 Å². The number of rotatable bonds is 3. The van der Waals surface area contributed by atoms with Crippen molar-refractivity contribution in [2.24, 2.45) is 0 Å². The maximum absolute atomic E-state index is 6.05. The molecule has 2 nitrogen and oxygen atoms in total. The van der Waals surface area contributed by atoms with E-state index in [2.05, 4.69) is 38.8 Å². The molecule has 1 aromatic heterocycles. The Balaban J connectivity index is 2.65. The van der Waals surface area contributed by atoms with Crippen LogP contribution in [-0.4, -0.2) is 13.3 Å². The molecule has 1 aromatic rings. The number of nitrogens with zero attached hydrogens (tertiary/aromatic N) is 1. The van der Waals surface area contributed by atoms with E-state index >= 15 is 0 Å². The number of aromatic nitrogens is 1. The maximum atomic E-state index is 6.05. The minimum atomic E-state index is -1.69. The van der Waals surface area contributed by atoms with Gasteiger partial charge >= 0.3 is 0 Å². The first-order valence-electron chi connectivity index (χ1n) is 5.47. The van der Waals surface area contributed by atoms with Crippen LogP contribution >= 0.6 is 11.6 Å². The minimum absolute atomic E-state index is 0.228. The minimum Gasteiger partial charge on any atom is -0.411 e. The Morgan fingerprint density at radius 2 is 2.00 bits per heavy atom. The molecule has 0 spiro atoms. The van der Waals surface area contributed by atoms with Gasteiger partial charge in [-0.05, 0) is 30.3 Å². The second kappa shape index (κ2) is 4.86. The zero-order valence-corrected chi connectivity index (χ0v) is 12.4. The van der Waals surface area contributed by atoms with Crippen molar-refractivity contribution >= 4 is 19.9 Å². The van der Waals surface area contributed by atoms with Crippen LogP contribution < -0.4 is 0 Å². The van der Waals surface area contributed by atoms with Crippen molar-refractivity contribution in [2.45, 2.75) is 45.5 Å². The van der Waals surface area contributed by atoms with Gasteiger partial charge in [-0.2, -0.15) is 0 Å². The number of pyridine rings is 1. The summed E-state index contributed by atoms with van der Waals surface area (Å²) in [5.41, 5.74) is 0.900. The lowest BCUT2D eigenvalue weighted by molar-refractivity contribution is 0.272. The van der Waals surface area contributed by atoms with Crippen LogP contribution in [0.2, 0.25) is 23.2 Å². The van der Waals surface area contributed by atoms with Crippen LogP contribution in [0.5, 0.6) is 0 Å². The lowest BCUT2D eigenvalue weighted by Crippen LogP contribution is -2.40. The summed E-state index contributed by atoms with van der Waals surface area (Å²) in [6.07, 6.45) is 1.71. The van der Waals surface area contributed by atoms with E-state index in [1.54, 1.807) is 12.3 Å². The Morgan fingerprint density at radius 3 is 2.50 bits per heavy atom. The van der Waals surface area contributed by atoms with Crippen LogP contribution in [0.4, 0.5) is 0 Å². The summed E-state index contributed by atoms with van der Waals surface area (Å²) in [5, 5.41) is 0.940. The summed E-state index contributed by atoms with van der Waals surface area (Å²) in [6.45, 7) is 11.7. The van der Waals surface area contributed by atoms with Gasteiger partial charge in [0, 0.05) is 11.2 Å². The summed E-state index contributed by atoms with van der Waals surface area (Å²) in [5.74, 6) is 0. The molecule has 90 valence electrons. The fourth-order valence-electron chi connectivity index (χ4n) is 0.999. The van der Waals surface area contributed by atoms with Crippen LogP contribution in [-0.2, 0) is 11.0 Å². The van der Waals surface area contributed by atoms with E-state index in [1.165, 1.54) is 0 Å². The quantitative estimate of drug-likeness (QED) is 0.755. The molecule has 0 unspecified atom stereocenters. The molecule has 0 N–H and O–H groups in total. The van der Waals surface area contributed by atoms with E-state index in [9.17, 15) is 0 Å². The van der Waals surface area contributed by atoms with E-state index < -0.39 is 8.32 Å². The van der Waals surface area contributed by atoms with Gasteiger partial charge in [-0.15, -0.1) is 0 Å². The molecule has 0 aliphatic heterocycles. The molecule has 0 bridgehead atoms. The first-order chi connectivity index (χ1) is 7.22. The summed E-state index contributed by atoms with van der Waals surface area (Å²) < 4.78 is 6.05. The predicted octanol–water partition coefficient (Wildman–Crippen LogP) is 4.26. The first-order valence-corrected chi connectivity index (χ1v) is 8.75. The Bertz CT molecular complexity index is 360. The van der Waals surface area contributed by atoms with Crippen LogP contribution in [0.25, 0.3) is 0 Å². The highest BCUT2D eigenvalue weighted by molar-refractivity contribution is 6.74. The molecule has 0 aliphatic carbocycles. The number of hydrogen-bond donors (Lipinski definition) is 0. The SMILES string of the molecule is CC(C)(C)[Si](C)(C)OCc1cc(Cl)ccn1. The smallest absolute Gasteiger partial charge is 0.192 e. The lowest BCUT2D eigenvalue weighted by atomic mass is 10.2. The van der Waals surface area contributed by atoms with E-state index in [0.717, 1.165) is 5.69 Å². The first kappa shape index (κ1) is 13.7. The summed E-state index contributed by atoms with van der Waals surface area (Å²) in [4.78, 5) is 4.24. The molecular weight excluding hydrogens is 238 g/mol. The molecule has 0 saturated carbocycles. The van der Waals surface area contributed by atoms with Gasteiger partial charge < -0.3 is 4.43 Å². The van der Waals surface area contributed by atoms with Gasteiger partial charge in [0.25, 0.3) is 0 Å². The lowest BCUT2D eigenvalue weighted by Gasteiger charge is -2.36. The molecule has 0 aromatic carbocycles. The zero-order chi connectivity index (χ0) is 12.4. The Hall–Kier alpha value is -0.383. The van der Waals surface area contributed by atoms with Gasteiger partial charge in [0.1, 0.15) is 0 Å². The fraction of sp³-hybridized carbons (Fsp3) is 0.583. The second-order valence-electron chi connectivity index (χ2n) is 5.51. The van der Waals surface area contributed by atoms with Crippen molar-refractivity contribution in [1.82, 2.24) is 4.98 Å². The molecule has 16 heavy (non-hydrogen) atoms. The van der Waals surface area contributed by atoms with Gasteiger partial charge in [0.2, 0.25) is 0 Å². The monoisotopic (exact) mass is 257 g/mol. The largest absolute Gasteiger partial charge is 0.411 e. The second-order valence-corrected chi connectivity index (χ2v) is 10.8. The fourth-order valence-corrected chi connectivity index (χ4v) is 2.12. The summed E-state index contributed by atoms with van der Waals surface area (Å²) in [6, 6.07) is 3.63. The standard InChI is InChI=1S/C12H20ClNOSi/c1-12(2,3)16(4,5)15-9-11-8-10(13)6-7-14-11/h6-8H,9H2,1-5H3. The summed E-state index contributed by atoms with van der Waals surface area (Å²) >= 11 is 5.90. The number of hydrogen-bond acceptors (Lipinski definition) is 2. The third kappa shape index (κ3) is 3.58. The van der Waals surface area contributed by atoms with Gasteiger partial charge in [-0.1, -0.05) is 32.4 Å². The van der Waals surface area contributed by atoms with Crippen molar-refractivity contribution in [3.05, 3.63) is 29.0 Å². The molecule has 0 amide bonds. The van der Waals surface area contributed by atoms with E-state index in [4.69, 9.17) is 16.0 Å². The third-order valence-corrected chi connectivity index (χ3v) is 7.88. The Kier molecular flexibility index (Phi) is 4.15. The van der Waals surface area contributed by atoms with Crippen molar-refractivity contribution in [3.8, 4) is 0 Å². The Labute approximate surface area is 104 Å². The third-order valence-electron chi connectivity index (χ3n) is 3.17. The molecule has 1 rings (SSSR count). The predicted molar refractivity (Wildman–Crippen MR) is 71.2 cm³/mol.